The standard InChI is InChI=1S/C16H21BrO3/c1-6-20-14(19)15(2,3)12-9-7-11(8-10-12)13(18)16(4,5)17/h7-10H,6H2,1-5H3. The van der Waals surface area contributed by atoms with E-state index in [2.05, 4.69) is 15.9 Å². The van der Waals surface area contributed by atoms with Gasteiger partial charge in [0.1, 0.15) is 0 Å². The number of carbonyl (C=O) groups is 2. The maximum absolute atomic E-state index is 12.1. The van der Waals surface area contributed by atoms with E-state index in [-0.39, 0.29) is 11.8 Å². The molecule has 1 aromatic carbocycles. The summed E-state index contributed by atoms with van der Waals surface area (Å²) >= 11 is 3.36. The first-order chi connectivity index (χ1) is 9.10. The van der Waals surface area contributed by atoms with Crippen LogP contribution >= 0.6 is 15.9 Å². The van der Waals surface area contributed by atoms with Gasteiger partial charge >= 0.3 is 5.97 Å². The molecule has 1 aromatic rings. The van der Waals surface area contributed by atoms with Crippen molar-refractivity contribution in [2.24, 2.45) is 0 Å². The quantitative estimate of drug-likeness (QED) is 0.464. The van der Waals surface area contributed by atoms with Gasteiger partial charge in [0, 0.05) is 5.56 Å². The molecule has 3 nitrogen and oxygen atoms in total. The molecular weight excluding hydrogens is 320 g/mol. The van der Waals surface area contributed by atoms with E-state index >= 15 is 0 Å². The van der Waals surface area contributed by atoms with Crippen LogP contribution in [0.1, 0.15) is 50.5 Å². The molecule has 0 aliphatic carbocycles. The highest BCUT2D eigenvalue weighted by Crippen LogP contribution is 2.27. The monoisotopic (exact) mass is 340 g/mol. The minimum absolute atomic E-state index is 0.0120. The van der Waals surface area contributed by atoms with Gasteiger partial charge in [0.15, 0.2) is 5.78 Å². The average Bonchev–Trinajstić information content (AvgIpc) is 2.37. The molecule has 0 spiro atoms. The summed E-state index contributed by atoms with van der Waals surface area (Å²) in [7, 11) is 0. The summed E-state index contributed by atoms with van der Waals surface area (Å²) in [5, 5.41) is 0. The molecule has 0 saturated carbocycles. The van der Waals surface area contributed by atoms with Crippen molar-refractivity contribution in [3.8, 4) is 0 Å². The molecule has 0 saturated heterocycles. The second kappa shape index (κ2) is 6.08. The summed E-state index contributed by atoms with van der Waals surface area (Å²) in [6.45, 7) is 9.40. The van der Waals surface area contributed by atoms with E-state index in [9.17, 15) is 9.59 Å². The van der Waals surface area contributed by atoms with E-state index in [0.717, 1.165) is 5.56 Å². The van der Waals surface area contributed by atoms with Gasteiger partial charge in [0.2, 0.25) is 0 Å². The van der Waals surface area contributed by atoms with Gasteiger partial charge in [-0.15, -0.1) is 0 Å². The number of hydrogen-bond donors (Lipinski definition) is 0. The molecule has 0 aromatic heterocycles. The molecule has 110 valence electrons. The molecule has 0 amide bonds. The number of ether oxygens (including phenoxy) is 1. The minimum atomic E-state index is -0.721. The van der Waals surface area contributed by atoms with Gasteiger partial charge in [-0.2, -0.15) is 0 Å². The fourth-order valence-corrected chi connectivity index (χ4v) is 2.04. The molecule has 0 atom stereocenters. The lowest BCUT2D eigenvalue weighted by Gasteiger charge is -2.23. The third-order valence-corrected chi connectivity index (χ3v) is 3.55. The van der Waals surface area contributed by atoms with Gasteiger partial charge in [0.05, 0.1) is 16.3 Å². The van der Waals surface area contributed by atoms with Crippen LogP contribution in [0.5, 0.6) is 0 Å². The maximum atomic E-state index is 12.1. The number of alkyl halides is 1. The Labute approximate surface area is 128 Å². The lowest BCUT2D eigenvalue weighted by molar-refractivity contribution is -0.148. The van der Waals surface area contributed by atoms with E-state index < -0.39 is 9.74 Å². The van der Waals surface area contributed by atoms with Crippen molar-refractivity contribution in [3.05, 3.63) is 35.4 Å². The van der Waals surface area contributed by atoms with E-state index in [4.69, 9.17) is 4.74 Å². The smallest absolute Gasteiger partial charge is 0.315 e. The molecule has 0 unspecified atom stereocenters. The largest absolute Gasteiger partial charge is 0.465 e. The summed E-state index contributed by atoms with van der Waals surface area (Å²) < 4.78 is 4.49. The van der Waals surface area contributed by atoms with Crippen LogP contribution in [0.3, 0.4) is 0 Å². The van der Waals surface area contributed by atoms with Crippen LogP contribution < -0.4 is 0 Å². The molecule has 0 aliphatic heterocycles. The molecule has 0 radical (unpaired) electrons. The molecule has 0 N–H and O–H groups in total. The minimum Gasteiger partial charge on any atom is -0.465 e. The molecule has 0 aliphatic rings. The Morgan fingerprint density at radius 3 is 2.00 bits per heavy atom. The van der Waals surface area contributed by atoms with Crippen LogP contribution in [-0.4, -0.2) is 22.7 Å². The highest BCUT2D eigenvalue weighted by molar-refractivity contribution is 9.10. The number of halogens is 1. The van der Waals surface area contributed by atoms with Crippen molar-refractivity contribution in [1.82, 2.24) is 0 Å². The van der Waals surface area contributed by atoms with Crippen LogP contribution in [0.15, 0.2) is 24.3 Å². The normalized spacial score (nSPS) is 12.1. The van der Waals surface area contributed by atoms with E-state index in [1.54, 1.807) is 19.1 Å². The van der Waals surface area contributed by atoms with Crippen molar-refractivity contribution >= 4 is 27.7 Å². The predicted molar refractivity (Wildman–Crippen MR) is 83.4 cm³/mol. The van der Waals surface area contributed by atoms with Gasteiger partial charge < -0.3 is 4.74 Å². The van der Waals surface area contributed by atoms with Gasteiger partial charge in [-0.05, 0) is 40.2 Å². The Morgan fingerprint density at radius 1 is 1.10 bits per heavy atom. The number of ketones is 1. The van der Waals surface area contributed by atoms with Crippen molar-refractivity contribution < 1.29 is 14.3 Å². The van der Waals surface area contributed by atoms with Gasteiger partial charge in [0.25, 0.3) is 0 Å². The highest BCUT2D eigenvalue weighted by Gasteiger charge is 2.32. The van der Waals surface area contributed by atoms with E-state index in [0.29, 0.717) is 12.2 Å². The van der Waals surface area contributed by atoms with Crippen molar-refractivity contribution in [3.63, 3.8) is 0 Å². The summed E-state index contributed by atoms with van der Waals surface area (Å²) in [6.07, 6.45) is 0. The molecule has 1 rings (SSSR count). The summed E-state index contributed by atoms with van der Waals surface area (Å²) in [6, 6.07) is 7.12. The molecule has 0 fully saturated rings. The number of hydrogen-bond acceptors (Lipinski definition) is 3. The van der Waals surface area contributed by atoms with Gasteiger partial charge in [-0.25, -0.2) is 0 Å². The molecular formula is C16H21BrO3. The fraction of sp³-hybridized carbons (Fsp3) is 0.500. The van der Waals surface area contributed by atoms with E-state index in [1.807, 2.05) is 39.8 Å². The van der Waals surface area contributed by atoms with Crippen molar-refractivity contribution in [2.45, 2.75) is 44.4 Å². The molecule has 20 heavy (non-hydrogen) atoms. The summed E-state index contributed by atoms with van der Waals surface area (Å²) in [5.41, 5.74) is 0.733. The first-order valence-electron chi connectivity index (χ1n) is 6.62. The zero-order valence-electron chi connectivity index (χ0n) is 12.6. The maximum Gasteiger partial charge on any atom is 0.315 e. The Balaban J connectivity index is 3.03. The van der Waals surface area contributed by atoms with Crippen molar-refractivity contribution in [1.29, 1.82) is 0 Å². The zero-order chi connectivity index (χ0) is 15.6. The molecule has 4 heteroatoms. The molecule has 0 bridgehead atoms. The lowest BCUT2D eigenvalue weighted by atomic mass is 9.84. The number of Topliss-reactive ketones (excluding diaryl/α,β-unsaturated/α-hetero) is 1. The third kappa shape index (κ3) is 3.69. The summed E-state index contributed by atoms with van der Waals surface area (Å²) in [4.78, 5) is 24.1. The Bertz CT molecular complexity index is 495. The lowest BCUT2D eigenvalue weighted by Crippen LogP contribution is -2.31. The first-order valence-corrected chi connectivity index (χ1v) is 7.41. The number of benzene rings is 1. The first kappa shape index (κ1) is 16.9. The van der Waals surface area contributed by atoms with E-state index in [1.165, 1.54) is 0 Å². The van der Waals surface area contributed by atoms with Crippen LogP contribution in [-0.2, 0) is 14.9 Å². The van der Waals surface area contributed by atoms with Crippen LogP contribution in [0.2, 0.25) is 0 Å². The van der Waals surface area contributed by atoms with Crippen molar-refractivity contribution in [2.75, 3.05) is 6.61 Å². The third-order valence-electron chi connectivity index (χ3n) is 3.19. The Morgan fingerprint density at radius 2 is 1.60 bits per heavy atom. The van der Waals surface area contributed by atoms with Crippen LogP contribution in [0.4, 0.5) is 0 Å². The molecule has 0 heterocycles. The number of rotatable bonds is 5. The highest BCUT2D eigenvalue weighted by atomic mass is 79.9. The van der Waals surface area contributed by atoms with Crippen LogP contribution in [0.25, 0.3) is 0 Å². The topological polar surface area (TPSA) is 43.4 Å². The zero-order valence-corrected chi connectivity index (χ0v) is 14.2. The average molecular weight is 341 g/mol. The fourth-order valence-electron chi connectivity index (χ4n) is 1.81. The van der Waals surface area contributed by atoms with Gasteiger partial charge in [-0.3, -0.25) is 9.59 Å². The second-order valence-corrected chi connectivity index (χ2v) is 7.71. The number of carbonyl (C=O) groups excluding carboxylic acids is 2. The number of esters is 1. The van der Waals surface area contributed by atoms with Gasteiger partial charge in [-0.1, -0.05) is 40.2 Å². The SMILES string of the molecule is CCOC(=O)C(C)(C)c1ccc(C(=O)C(C)(C)Br)cc1. The van der Waals surface area contributed by atoms with Crippen LogP contribution in [0, 0.1) is 0 Å². The Hall–Kier alpha value is -1.16. The predicted octanol–water partition coefficient (Wildman–Crippen LogP) is 3.88. The Kier molecular flexibility index (Phi) is 5.14. The summed E-state index contributed by atoms with van der Waals surface area (Å²) in [5.74, 6) is -0.252. The second-order valence-electron chi connectivity index (χ2n) is 5.72.